The Kier molecular flexibility index (Phi) is 4.20. The average Bonchev–Trinajstić information content (AvgIpc) is 2.35. The van der Waals surface area contributed by atoms with E-state index in [0.29, 0.717) is 12.6 Å². The highest BCUT2D eigenvalue weighted by Gasteiger charge is 2.27. The molecule has 0 aromatic heterocycles. The van der Waals surface area contributed by atoms with E-state index in [-0.39, 0.29) is 6.10 Å². The molecule has 0 aliphatic heterocycles. The fourth-order valence-corrected chi connectivity index (χ4v) is 2.03. The Balaban J connectivity index is 2.03. The molecule has 98 valence electrons. The van der Waals surface area contributed by atoms with Crippen molar-refractivity contribution in [2.75, 3.05) is 11.9 Å². The van der Waals surface area contributed by atoms with Gasteiger partial charge in [-0.05, 0) is 37.5 Å². The first-order valence-electron chi connectivity index (χ1n) is 6.45. The summed E-state index contributed by atoms with van der Waals surface area (Å²) in [5, 5.41) is 20.1. The van der Waals surface area contributed by atoms with Crippen LogP contribution in [0.3, 0.4) is 0 Å². The van der Waals surface area contributed by atoms with Gasteiger partial charge in [0.2, 0.25) is 0 Å². The van der Waals surface area contributed by atoms with E-state index in [1.54, 1.807) is 0 Å². The predicted molar refractivity (Wildman–Crippen MR) is 72.8 cm³/mol. The molecule has 0 atom stereocenters. The van der Waals surface area contributed by atoms with Gasteiger partial charge in [0.1, 0.15) is 5.75 Å². The summed E-state index contributed by atoms with van der Waals surface area (Å²) in [4.78, 5) is 0. The van der Waals surface area contributed by atoms with Gasteiger partial charge in [-0.15, -0.1) is 0 Å². The van der Waals surface area contributed by atoms with Gasteiger partial charge >= 0.3 is 0 Å². The smallest absolute Gasteiger partial charge is 0.120 e. The molecule has 4 nitrogen and oxygen atoms in total. The van der Waals surface area contributed by atoms with E-state index >= 15 is 0 Å². The van der Waals surface area contributed by atoms with E-state index in [1.807, 2.05) is 18.2 Å². The topological polar surface area (TPSA) is 65.3 Å². The lowest BCUT2D eigenvalue weighted by Gasteiger charge is -2.33. The number of hydrogen-bond acceptors (Lipinski definition) is 4. The Bertz CT molecular complexity index is 414. The van der Waals surface area contributed by atoms with Crippen LogP contribution in [-0.2, 0) is 0 Å². The van der Waals surface area contributed by atoms with Crippen LogP contribution in [0.4, 0.5) is 5.69 Å². The minimum atomic E-state index is -0.168. The number of nitrogens with one attached hydrogen (secondary N) is 2. The van der Waals surface area contributed by atoms with E-state index in [4.69, 9.17) is 10.1 Å². The van der Waals surface area contributed by atoms with Crippen molar-refractivity contribution >= 4 is 11.9 Å². The van der Waals surface area contributed by atoms with Gasteiger partial charge in [0.25, 0.3) is 0 Å². The normalized spacial score (nSPS) is 22.1. The molecule has 1 fully saturated rings. The molecule has 0 radical (unpaired) electrons. The first-order chi connectivity index (χ1) is 8.72. The zero-order valence-electron chi connectivity index (χ0n) is 10.6. The fourth-order valence-electron chi connectivity index (χ4n) is 2.03. The molecule has 0 heterocycles. The van der Waals surface area contributed by atoms with Crippen LogP contribution in [0.15, 0.2) is 18.2 Å². The highest BCUT2D eigenvalue weighted by atomic mass is 16.5. The number of hydrogen-bond donors (Lipinski definition) is 3. The summed E-state index contributed by atoms with van der Waals surface area (Å²) >= 11 is 0. The van der Waals surface area contributed by atoms with Gasteiger partial charge in [-0.1, -0.05) is 6.92 Å². The molecule has 4 heteroatoms. The first-order valence-corrected chi connectivity index (χ1v) is 6.45. The molecule has 2 rings (SSSR count). The van der Waals surface area contributed by atoms with Crippen LogP contribution < -0.4 is 10.1 Å². The maximum Gasteiger partial charge on any atom is 0.120 e. The second kappa shape index (κ2) is 5.87. The summed E-state index contributed by atoms with van der Waals surface area (Å²) < 4.78 is 5.54. The van der Waals surface area contributed by atoms with Crippen LogP contribution >= 0.6 is 0 Å². The summed E-state index contributed by atoms with van der Waals surface area (Å²) in [5.41, 5.74) is 1.76. The van der Waals surface area contributed by atoms with Gasteiger partial charge in [-0.3, -0.25) is 0 Å². The van der Waals surface area contributed by atoms with Crippen LogP contribution in [0.5, 0.6) is 5.75 Å². The third kappa shape index (κ3) is 3.01. The first kappa shape index (κ1) is 12.9. The number of benzene rings is 1. The van der Waals surface area contributed by atoms with Crippen LogP contribution in [0.2, 0.25) is 0 Å². The van der Waals surface area contributed by atoms with Crippen LogP contribution in [0.25, 0.3) is 0 Å². The molecule has 1 saturated carbocycles. The number of aliphatic hydroxyl groups excluding tert-OH is 1. The molecule has 0 unspecified atom stereocenters. The van der Waals surface area contributed by atoms with Crippen LogP contribution in [0, 0.1) is 5.41 Å². The van der Waals surface area contributed by atoms with E-state index in [1.165, 1.54) is 6.21 Å². The molecule has 0 saturated heterocycles. The van der Waals surface area contributed by atoms with Crippen molar-refractivity contribution in [1.82, 2.24) is 0 Å². The van der Waals surface area contributed by atoms with E-state index in [2.05, 4.69) is 12.2 Å². The fraction of sp³-hybridized carbons (Fsp3) is 0.500. The number of aliphatic hydroxyl groups is 1. The van der Waals surface area contributed by atoms with Crippen LogP contribution in [0.1, 0.15) is 31.7 Å². The summed E-state index contributed by atoms with van der Waals surface area (Å²) in [6.07, 6.45) is 3.70. The third-order valence-corrected chi connectivity index (χ3v) is 3.12. The van der Waals surface area contributed by atoms with Gasteiger partial charge in [0, 0.05) is 23.5 Å². The molecule has 1 aliphatic rings. The molecule has 1 aromatic carbocycles. The average molecular weight is 248 g/mol. The lowest BCUT2D eigenvalue weighted by atomic mass is 9.89. The van der Waals surface area contributed by atoms with E-state index in [0.717, 1.165) is 36.3 Å². The minimum Gasteiger partial charge on any atom is -0.494 e. The van der Waals surface area contributed by atoms with Gasteiger partial charge in [0.05, 0.1) is 12.7 Å². The Morgan fingerprint density at radius 2 is 2.28 bits per heavy atom. The summed E-state index contributed by atoms with van der Waals surface area (Å²) in [7, 11) is 0. The van der Waals surface area contributed by atoms with Gasteiger partial charge < -0.3 is 20.6 Å². The van der Waals surface area contributed by atoms with E-state index < -0.39 is 0 Å². The van der Waals surface area contributed by atoms with Crippen molar-refractivity contribution < 1.29 is 9.84 Å². The minimum absolute atomic E-state index is 0.168. The Morgan fingerprint density at radius 1 is 1.50 bits per heavy atom. The predicted octanol–water partition coefficient (Wildman–Crippen LogP) is 2.41. The molecule has 18 heavy (non-hydrogen) atoms. The lowest BCUT2D eigenvalue weighted by Crippen LogP contribution is -2.39. The summed E-state index contributed by atoms with van der Waals surface area (Å²) in [6, 6.07) is 6.05. The van der Waals surface area contributed by atoms with Crippen molar-refractivity contribution in [2.24, 2.45) is 0 Å². The van der Waals surface area contributed by atoms with Crippen molar-refractivity contribution in [3.05, 3.63) is 23.8 Å². The van der Waals surface area contributed by atoms with E-state index in [9.17, 15) is 5.11 Å². The van der Waals surface area contributed by atoms with Crippen molar-refractivity contribution in [1.29, 1.82) is 5.41 Å². The van der Waals surface area contributed by atoms with Gasteiger partial charge in [-0.25, -0.2) is 0 Å². The van der Waals surface area contributed by atoms with Crippen molar-refractivity contribution in [3.8, 4) is 5.75 Å². The highest BCUT2D eigenvalue weighted by Crippen LogP contribution is 2.27. The standard InChI is InChI=1S/C14H20N2O2/c1-2-5-18-13-3-4-14(10(6-13)9-15)16-11-7-12(17)8-11/h3-4,6,9,11-12,15-17H,2,5,7-8H2,1H3/t11-,12+. The SMILES string of the molecule is CCCOc1ccc(N[C@H]2C[C@@H](O)C2)c(C=N)c1. The van der Waals surface area contributed by atoms with Crippen LogP contribution in [-0.4, -0.2) is 30.1 Å². The summed E-state index contributed by atoms with van der Waals surface area (Å²) in [5.74, 6) is 0.801. The van der Waals surface area contributed by atoms with Gasteiger partial charge in [0.15, 0.2) is 0 Å². The highest BCUT2D eigenvalue weighted by molar-refractivity contribution is 5.86. The second-order valence-electron chi connectivity index (χ2n) is 4.71. The van der Waals surface area contributed by atoms with Crippen molar-refractivity contribution in [2.45, 2.75) is 38.3 Å². The Morgan fingerprint density at radius 3 is 2.89 bits per heavy atom. The molecule has 1 aliphatic carbocycles. The zero-order chi connectivity index (χ0) is 13.0. The Hall–Kier alpha value is -1.55. The molecule has 0 amide bonds. The maximum atomic E-state index is 9.26. The zero-order valence-corrected chi connectivity index (χ0v) is 10.6. The third-order valence-electron chi connectivity index (χ3n) is 3.12. The quantitative estimate of drug-likeness (QED) is 0.677. The molecular weight excluding hydrogens is 228 g/mol. The molecule has 1 aromatic rings. The molecular formula is C14H20N2O2. The maximum absolute atomic E-state index is 9.26. The number of rotatable bonds is 6. The van der Waals surface area contributed by atoms with Crippen molar-refractivity contribution in [3.63, 3.8) is 0 Å². The lowest BCUT2D eigenvalue weighted by molar-refractivity contribution is 0.0836. The number of anilines is 1. The van der Waals surface area contributed by atoms with Gasteiger partial charge in [-0.2, -0.15) is 0 Å². The monoisotopic (exact) mass is 248 g/mol. The molecule has 0 spiro atoms. The second-order valence-corrected chi connectivity index (χ2v) is 4.71. The number of ether oxygens (including phenoxy) is 1. The summed E-state index contributed by atoms with van der Waals surface area (Å²) in [6.45, 7) is 2.76. The Labute approximate surface area is 107 Å². The largest absolute Gasteiger partial charge is 0.494 e. The molecule has 0 bridgehead atoms. The molecule has 3 N–H and O–H groups in total.